The topological polar surface area (TPSA) is 188 Å². The Hall–Kier alpha value is -6.25. The van der Waals surface area contributed by atoms with Crippen molar-refractivity contribution in [3.8, 4) is 22.5 Å². The number of rotatable bonds is 10. The molecule has 14 nitrogen and oxygen atoms in total. The number of carbonyl (C=O) groups excluding carboxylic acids is 3. The molecule has 2 amide bonds. The second kappa shape index (κ2) is 13.8. The number of carbonyl (C=O) groups is 3. The van der Waals surface area contributed by atoms with Gasteiger partial charge < -0.3 is 20.8 Å². The van der Waals surface area contributed by atoms with Crippen LogP contribution in [-0.2, 0) is 22.8 Å². The maximum Gasteiger partial charge on any atom is 0.254 e. The average molecular weight is 698 g/mol. The van der Waals surface area contributed by atoms with Gasteiger partial charge in [-0.2, -0.15) is 19.2 Å². The van der Waals surface area contributed by atoms with Gasteiger partial charge in [-0.15, -0.1) is 0 Å². The largest absolute Gasteiger partial charge is 0.392 e. The summed E-state index contributed by atoms with van der Waals surface area (Å²) in [5, 5.41) is 36.7. The Labute approximate surface area is 297 Å². The van der Waals surface area contributed by atoms with Crippen LogP contribution in [0.3, 0.4) is 0 Å². The molecule has 52 heavy (non-hydrogen) atoms. The third kappa shape index (κ3) is 6.89. The van der Waals surface area contributed by atoms with Gasteiger partial charge in [0, 0.05) is 46.5 Å². The number of fused-ring (bicyclic) bond motifs is 2. The number of aliphatic hydroxyl groups excluding tert-OH is 2. The highest BCUT2D eigenvalue weighted by Gasteiger charge is 2.26. The SMILES string of the molecule is O=C1C/C(=C\c2cnn3c(NC4CC4)cc(-c4cccc(CO)c4)nc23)C(=O)N1.O=Cc1cnn2c(NC3CC3)cc(-c3cccc(CO)c3)nc12. The monoisotopic (exact) mass is 697 g/mol. The molecule has 1 saturated heterocycles. The average Bonchev–Trinajstić information content (AvgIpc) is 4.06. The van der Waals surface area contributed by atoms with Gasteiger partial charge in [-0.25, -0.2) is 9.97 Å². The zero-order chi connectivity index (χ0) is 35.8. The van der Waals surface area contributed by atoms with Crippen LogP contribution in [0.25, 0.3) is 39.9 Å². The molecule has 4 aromatic heterocycles. The first kappa shape index (κ1) is 32.9. The molecule has 0 spiro atoms. The fraction of sp³-hybridized carbons (Fsp3) is 0.237. The summed E-state index contributed by atoms with van der Waals surface area (Å²) >= 11 is 0. The zero-order valence-corrected chi connectivity index (χ0v) is 28.0. The van der Waals surface area contributed by atoms with Crippen LogP contribution in [0.4, 0.5) is 11.6 Å². The number of amides is 2. The number of aldehydes is 1. The second-order valence-corrected chi connectivity index (χ2v) is 13.1. The lowest BCUT2D eigenvalue weighted by molar-refractivity contribution is -0.124. The first-order chi connectivity index (χ1) is 25.4. The molecule has 6 aromatic rings. The Bertz CT molecular complexity index is 2390. The molecule has 5 heterocycles. The van der Waals surface area contributed by atoms with Crippen LogP contribution in [0.2, 0.25) is 0 Å². The molecule has 2 aromatic carbocycles. The van der Waals surface area contributed by atoms with Crippen LogP contribution < -0.4 is 16.0 Å². The number of anilines is 2. The van der Waals surface area contributed by atoms with E-state index in [4.69, 9.17) is 4.98 Å². The number of aromatic nitrogens is 6. The van der Waals surface area contributed by atoms with Crippen LogP contribution in [0.5, 0.6) is 0 Å². The van der Waals surface area contributed by atoms with Crippen molar-refractivity contribution in [1.82, 2.24) is 34.5 Å². The Morgan fingerprint density at radius 2 is 1.27 bits per heavy atom. The lowest BCUT2D eigenvalue weighted by atomic mass is 10.1. The minimum absolute atomic E-state index is 0.0183. The predicted octanol–water partition coefficient (Wildman–Crippen LogP) is 4.17. The van der Waals surface area contributed by atoms with E-state index >= 15 is 0 Å². The molecule has 2 saturated carbocycles. The molecule has 14 heteroatoms. The molecule has 0 unspecified atom stereocenters. The lowest BCUT2D eigenvalue weighted by Crippen LogP contribution is -2.19. The number of benzene rings is 2. The van der Waals surface area contributed by atoms with Gasteiger partial charge in [-0.3, -0.25) is 19.7 Å². The van der Waals surface area contributed by atoms with Gasteiger partial charge in [-0.1, -0.05) is 36.4 Å². The smallest absolute Gasteiger partial charge is 0.254 e. The predicted molar refractivity (Wildman–Crippen MR) is 193 cm³/mol. The van der Waals surface area contributed by atoms with E-state index in [0.29, 0.717) is 40.1 Å². The summed E-state index contributed by atoms with van der Waals surface area (Å²) in [5.74, 6) is 0.967. The summed E-state index contributed by atoms with van der Waals surface area (Å²) in [5.41, 5.74) is 7.56. The summed E-state index contributed by atoms with van der Waals surface area (Å²) in [6.07, 6.45) is 10.2. The first-order valence-corrected chi connectivity index (χ1v) is 17.1. The van der Waals surface area contributed by atoms with Crippen LogP contribution in [0.1, 0.15) is 59.2 Å². The quantitative estimate of drug-likeness (QED) is 0.0786. The summed E-state index contributed by atoms with van der Waals surface area (Å²) in [6.45, 7) is -0.0635. The number of hydrogen-bond donors (Lipinski definition) is 5. The molecular formula is C38H35N9O5. The van der Waals surface area contributed by atoms with Crippen LogP contribution in [0.15, 0.2) is 78.6 Å². The summed E-state index contributed by atoms with van der Waals surface area (Å²) in [6, 6.07) is 19.9. The maximum absolute atomic E-state index is 11.9. The van der Waals surface area contributed by atoms with Gasteiger partial charge in [0.1, 0.15) is 11.6 Å². The summed E-state index contributed by atoms with van der Waals surface area (Å²) < 4.78 is 3.39. The minimum atomic E-state index is -0.377. The number of hydrogen-bond acceptors (Lipinski definition) is 11. The van der Waals surface area contributed by atoms with Crippen LogP contribution >= 0.6 is 0 Å². The third-order valence-electron chi connectivity index (χ3n) is 9.02. The van der Waals surface area contributed by atoms with Crippen LogP contribution in [-0.4, -0.2) is 69.6 Å². The van der Waals surface area contributed by atoms with Gasteiger partial charge in [0.15, 0.2) is 17.6 Å². The van der Waals surface area contributed by atoms with E-state index < -0.39 is 0 Å². The van der Waals surface area contributed by atoms with Gasteiger partial charge in [0.05, 0.1) is 49.0 Å². The van der Waals surface area contributed by atoms with Crippen molar-refractivity contribution in [3.63, 3.8) is 0 Å². The first-order valence-electron chi connectivity index (χ1n) is 17.1. The van der Waals surface area contributed by atoms with E-state index in [1.165, 1.54) is 6.20 Å². The van der Waals surface area contributed by atoms with Gasteiger partial charge in [0.25, 0.3) is 5.91 Å². The molecule has 9 rings (SSSR count). The fourth-order valence-corrected chi connectivity index (χ4v) is 5.99. The number of imide groups is 1. The van der Waals surface area contributed by atoms with E-state index in [-0.39, 0.29) is 31.4 Å². The van der Waals surface area contributed by atoms with E-state index in [0.717, 1.165) is 77.2 Å². The van der Waals surface area contributed by atoms with Crippen molar-refractivity contribution in [2.75, 3.05) is 10.6 Å². The third-order valence-corrected chi connectivity index (χ3v) is 9.02. The zero-order valence-electron chi connectivity index (χ0n) is 28.0. The Balaban J connectivity index is 0.000000153. The van der Waals surface area contributed by atoms with Gasteiger partial charge in [-0.05, 0) is 55.0 Å². The van der Waals surface area contributed by atoms with Crippen molar-refractivity contribution in [2.45, 2.75) is 57.4 Å². The highest BCUT2D eigenvalue weighted by Crippen LogP contribution is 2.31. The fourth-order valence-electron chi connectivity index (χ4n) is 5.99. The Morgan fingerprint density at radius 3 is 1.73 bits per heavy atom. The number of nitrogens with zero attached hydrogens (tertiary/aromatic N) is 6. The molecule has 0 atom stereocenters. The van der Waals surface area contributed by atoms with E-state index in [1.807, 2.05) is 60.7 Å². The molecule has 0 bridgehead atoms. The molecule has 2 aliphatic carbocycles. The Kier molecular flexibility index (Phi) is 8.75. The van der Waals surface area contributed by atoms with Crippen molar-refractivity contribution < 1.29 is 24.6 Å². The minimum Gasteiger partial charge on any atom is -0.392 e. The van der Waals surface area contributed by atoms with E-state index in [9.17, 15) is 24.6 Å². The summed E-state index contributed by atoms with van der Waals surface area (Å²) in [7, 11) is 0. The second-order valence-electron chi connectivity index (χ2n) is 13.1. The van der Waals surface area contributed by atoms with Crippen molar-refractivity contribution in [2.24, 2.45) is 0 Å². The normalized spacial score (nSPS) is 16.2. The molecule has 0 radical (unpaired) electrons. The molecule has 5 N–H and O–H groups in total. The maximum atomic E-state index is 11.9. The van der Waals surface area contributed by atoms with E-state index in [2.05, 4.69) is 31.1 Å². The van der Waals surface area contributed by atoms with Crippen LogP contribution in [0, 0.1) is 0 Å². The molecule has 262 valence electrons. The molecule has 3 aliphatic rings. The van der Waals surface area contributed by atoms with Gasteiger partial charge >= 0.3 is 0 Å². The highest BCUT2D eigenvalue weighted by atomic mass is 16.3. The van der Waals surface area contributed by atoms with Crippen molar-refractivity contribution in [3.05, 3.63) is 101 Å². The number of nitrogens with one attached hydrogen (secondary N) is 3. The van der Waals surface area contributed by atoms with Gasteiger partial charge in [0.2, 0.25) is 5.91 Å². The standard InChI is InChI=1S/C21H19N5O3.C17H16N4O2/c27-11-12-2-1-3-13(6-12)17-9-18(23-16-4-5-16)26-20(24-17)15(10-22-26)7-14-8-19(28)25-21(14)29;22-9-11-2-1-3-12(6-11)15-7-16(19-14-4-5-14)21-17(20-15)13(10-23)8-18-21/h1-3,6-7,9-10,16,23,27H,4-5,8,11H2,(H,25,28,29);1-3,6-8,10,14,19,22H,4-5,9H2/b14-7+;. The number of aliphatic hydroxyl groups is 2. The summed E-state index contributed by atoms with van der Waals surface area (Å²) in [4.78, 5) is 44.0. The van der Waals surface area contributed by atoms with Crippen molar-refractivity contribution >= 4 is 47.1 Å². The molecular weight excluding hydrogens is 662 g/mol. The molecule has 3 fully saturated rings. The highest BCUT2D eigenvalue weighted by molar-refractivity contribution is 6.15. The van der Waals surface area contributed by atoms with E-state index in [1.54, 1.807) is 21.3 Å². The lowest BCUT2D eigenvalue weighted by Gasteiger charge is -2.11. The van der Waals surface area contributed by atoms with Crippen molar-refractivity contribution in [1.29, 1.82) is 0 Å². The molecule has 1 aliphatic heterocycles. The Morgan fingerprint density at radius 1 is 0.750 bits per heavy atom.